The number of nitrogens with one attached hydrogen (secondary N) is 2. The van der Waals surface area contributed by atoms with Crippen LogP contribution in [0.1, 0.15) is 35.3 Å². The first-order valence-corrected chi connectivity index (χ1v) is 10.5. The molecule has 8 nitrogen and oxygen atoms in total. The van der Waals surface area contributed by atoms with Crippen LogP contribution < -0.4 is 20.3 Å². The molecule has 11 heteroatoms. The van der Waals surface area contributed by atoms with Crippen molar-refractivity contribution in [2.75, 3.05) is 31.1 Å². The summed E-state index contributed by atoms with van der Waals surface area (Å²) in [7, 11) is 0. The van der Waals surface area contributed by atoms with Crippen molar-refractivity contribution in [1.29, 1.82) is 0 Å². The molecule has 3 N–H and O–H groups in total. The summed E-state index contributed by atoms with van der Waals surface area (Å²) in [6.45, 7) is 1.87. The molecular weight excluding hydrogens is 441 g/mol. The van der Waals surface area contributed by atoms with E-state index in [0.717, 1.165) is 17.8 Å². The van der Waals surface area contributed by atoms with Crippen molar-refractivity contribution in [3.63, 3.8) is 0 Å². The molecule has 1 saturated heterocycles. The van der Waals surface area contributed by atoms with Gasteiger partial charge in [0.25, 0.3) is 5.91 Å². The number of carboxylic acid groups (broad SMARTS) is 1. The summed E-state index contributed by atoms with van der Waals surface area (Å²) in [5.74, 6) is 0.173. The third kappa shape index (κ3) is 7.26. The largest absolute Gasteiger partial charge is 0.489 e. The molecule has 0 unspecified atom stereocenters. The molecule has 2 amide bonds. The number of nitrogens with zero attached hydrogens (tertiary/aromatic N) is 2. The molecule has 0 saturated carbocycles. The molecule has 0 aliphatic carbocycles. The number of ether oxygens (including phenoxy) is 1. The lowest BCUT2D eigenvalue weighted by Crippen LogP contribution is -2.38. The van der Waals surface area contributed by atoms with Crippen LogP contribution in [0.3, 0.4) is 0 Å². The number of halogens is 3. The molecule has 0 atom stereocenters. The van der Waals surface area contributed by atoms with E-state index in [1.165, 1.54) is 18.3 Å². The third-order valence-corrected chi connectivity index (χ3v) is 5.19. The Labute approximate surface area is 188 Å². The second kappa shape index (κ2) is 10.9. The number of hydrogen-bond donors (Lipinski definition) is 3. The smallest absolute Gasteiger partial charge is 0.416 e. The molecule has 3 rings (SSSR count). The number of benzene rings is 1. The van der Waals surface area contributed by atoms with Gasteiger partial charge in [-0.05, 0) is 42.8 Å². The summed E-state index contributed by atoms with van der Waals surface area (Å²) in [6.07, 6.45) is -2.17. The fourth-order valence-corrected chi connectivity index (χ4v) is 3.45. The normalized spacial score (nSPS) is 14.6. The lowest BCUT2D eigenvalue weighted by atomic mass is 10.1. The number of aromatic nitrogens is 1. The maximum Gasteiger partial charge on any atom is 0.416 e. The van der Waals surface area contributed by atoms with E-state index in [1.54, 1.807) is 12.1 Å². The maximum atomic E-state index is 12.7. The van der Waals surface area contributed by atoms with Gasteiger partial charge in [0.15, 0.2) is 0 Å². The average molecular weight is 466 g/mol. The van der Waals surface area contributed by atoms with Crippen molar-refractivity contribution < 1.29 is 32.6 Å². The summed E-state index contributed by atoms with van der Waals surface area (Å²) >= 11 is 0. The highest BCUT2D eigenvalue weighted by molar-refractivity contribution is 5.92. The van der Waals surface area contributed by atoms with Gasteiger partial charge in [0.1, 0.15) is 17.5 Å². The molecule has 178 valence electrons. The van der Waals surface area contributed by atoms with Crippen molar-refractivity contribution in [2.45, 2.75) is 31.5 Å². The Kier molecular flexibility index (Phi) is 7.96. The minimum Gasteiger partial charge on any atom is -0.489 e. The summed E-state index contributed by atoms with van der Waals surface area (Å²) in [5, 5.41) is 13.4. The van der Waals surface area contributed by atoms with Crippen LogP contribution in [0, 0.1) is 0 Å². The van der Waals surface area contributed by atoms with Gasteiger partial charge >= 0.3 is 12.3 Å². The second-order valence-electron chi connectivity index (χ2n) is 7.57. The lowest BCUT2D eigenvalue weighted by molar-refractivity contribution is -0.137. The number of pyridine rings is 1. The van der Waals surface area contributed by atoms with E-state index in [9.17, 15) is 22.8 Å². The molecule has 0 radical (unpaired) electrons. The van der Waals surface area contributed by atoms with Crippen LogP contribution in [-0.4, -0.2) is 54.4 Å². The summed E-state index contributed by atoms with van der Waals surface area (Å²) in [4.78, 5) is 28.6. The molecule has 1 fully saturated rings. The van der Waals surface area contributed by atoms with Crippen LogP contribution in [-0.2, 0) is 6.18 Å². The highest BCUT2D eigenvalue weighted by atomic mass is 19.4. The van der Waals surface area contributed by atoms with Gasteiger partial charge in [0.2, 0.25) is 0 Å². The first-order chi connectivity index (χ1) is 15.7. The summed E-state index contributed by atoms with van der Waals surface area (Å²) in [6, 6.07) is 8.37. The topological polar surface area (TPSA) is 104 Å². The summed E-state index contributed by atoms with van der Waals surface area (Å²) < 4.78 is 44.1. The number of alkyl halides is 3. The fourth-order valence-electron chi connectivity index (χ4n) is 3.45. The van der Waals surface area contributed by atoms with Gasteiger partial charge in [0.05, 0.1) is 11.8 Å². The maximum absolute atomic E-state index is 12.7. The molecule has 1 aliphatic heterocycles. The average Bonchev–Trinajstić information content (AvgIpc) is 2.79. The minimum atomic E-state index is -4.34. The molecule has 1 aliphatic rings. The van der Waals surface area contributed by atoms with Gasteiger partial charge in [0, 0.05) is 44.7 Å². The Balaban J connectivity index is 1.42. The van der Waals surface area contributed by atoms with Gasteiger partial charge < -0.3 is 25.4 Å². The minimum absolute atomic E-state index is 0.0566. The molecule has 33 heavy (non-hydrogen) atoms. The lowest BCUT2D eigenvalue weighted by Gasteiger charge is -2.33. The Morgan fingerprint density at radius 2 is 1.73 bits per heavy atom. The second-order valence-corrected chi connectivity index (χ2v) is 7.57. The van der Waals surface area contributed by atoms with Crippen molar-refractivity contribution in [3.05, 3.63) is 53.9 Å². The van der Waals surface area contributed by atoms with Crippen LogP contribution in [0.25, 0.3) is 0 Å². The van der Waals surface area contributed by atoms with Crippen molar-refractivity contribution >= 4 is 17.7 Å². The molecular formula is C22H25F3N4O4. The number of carbonyl (C=O) groups is 2. The number of amides is 2. The number of piperidine rings is 1. The van der Waals surface area contributed by atoms with E-state index < -0.39 is 17.8 Å². The number of rotatable bonds is 8. The third-order valence-electron chi connectivity index (χ3n) is 5.19. The standard InChI is InChI=1S/C22H25F3N4O4/c23-22(24,25)15-2-4-16(5-3-15)29-12-8-17(9-13-29)33-18-6-7-19(28-14-18)20(30)26-10-1-11-27-21(31)32/h2-7,14,17,27H,1,8-13H2,(H,26,30)(H,31,32). The Morgan fingerprint density at radius 1 is 1.06 bits per heavy atom. The predicted molar refractivity (Wildman–Crippen MR) is 115 cm³/mol. The van der Waals surface area contributed by atoms with Crippen LogP contribution in [0.15, 0.2) is 42.6 Å². The van der Waals surface area contributed by atoms with Crippen LogP contribution >= 0.6 is 0 Å². The first kappa shape index (κ1) is 24.1. The van der Waals surface area contributed by atoms with Crippen molar-refractivity contribution in [3.8, 4) is 5.75 Å². The zero-order valence-corrected chi connectivity index (χ0v) is 17.8. The van der Waals surface area contributed by atoms with Gasteiger partial charge in [-0.15, -0.1) is 0 Å². The summed E-state index contributed by atoms with van der Waals surface area (Å²) in [5.41, 5.74) is 0.312. The van der Waals surface area contributed by atoms with Crippen LogP contribution in [0.4, 0.5) is 23.7 Å². The van der Waals surface area contributed by atoms with E-state index in [4.69, 9.17) is 9.84 Å². The van der Waals surface area contributed by atoms with Crippen LogP contribution in [0.2, 0.25) is 0 Å². The Bertz CT molecular complexity index is 928. The van der Waals surface area contributed by atoms with E-state index in [0.29, 0.717) is 44.6 Å². The van der Waals surface area contributed by atoms with Crippen molar-refractivity contribution in [2.24, 2.45) is 0 Å². The zero-order valence-electron chi connectivity index (χ0n) is 17.8. The predicted octanol–water partition coefficient (Wildman–Crippen LogP) is 3.54. The van der Waals surface area contributed by atoms with Gasteiger partial charge in [-0.1, -0.05) is 0 Å². The van der Waals surface area contributed by atoms with Gasteiger partial charge in [-0.25, -0.2) is 9.78 Å². The van der Waals surface area contributed by atoms with E-state index >= 15 is 0 Å². The fraction of sp³-hybridized carbons (Fsp3) is 0.409. The molecule has 1 aromatic carbocycles. The number of carbonyl (C=O) groups excluding carboxylic acids is 1. The number of anilines is 1. The molecule has 0 spiro atoms. The Morgan fingerprint density at radius 3 is 2.30 bits per heavy atom. The molecule has 2 heterocycles. The molecule has 2 aromatic rings. The monoisotopic (exact) mass is 466 g/mol. The van der Waals surface area contributed by atoms with Crippen LogP contribution in [0.5, 0.6) is 5.75 Å². The van der Waals surface area contributed by atoms with E-state index in [1.807, 2.05) is 4.90 Å². The molecule has 1 aromatic heterocycles. The molecule has 0 bridgehead atoms. The van der Waals surface area contributed by atoms with E-state index in [2.05, 4.69) is 15.6 Å². The Hall–Kier alpha value is -3.50. The SMILES string of the molecule is O=C(O)NCCCNC(=O)c1ccc(OC2CCN(c3ccc(C(F)(F)F)cc3)CC2)cn1. The highest BCUT2D eigenvalue weighted by Gasteiger charge is 2.30. The zero-order chi connectivity index (χ0) is 23.8. The van der Waals surface area contributed by atoms with Crippen molar-refractivity contribution in [1.82, 2.24) is 15.6 Å². The van der Waals surface area contributed by atoms with Gasteiger partial charge in [-0.2, -0.15) is 13.2 Å². The number of hydrogen-bond acceptors (Lipinski definition) is 5. The van der Waals surface area contributed by atoms with E-state index in [-0.39, 0.29) is 24.2 Å². The first-order valence-electron chi connectivity index (χ1n) is 10.5. The highest BCUT2D eigenvalue weighted by Crippen LogP contribution is 2.31. The quantitative estimate of drug-likeness (QED) is 0.515. The van der Waals surface area contributed by atoms with Gasteiger partial charge in [-0.3, -0.25) is 4.79 Å².